The highest BCUT2D eigenvalue weighted by atomic mass is 79.9. The number of aromatic nitrogens is 1. The molecule has 0 radical (unpaired) electrons. The standard InChI is InChI=1S/C7H4BrClN2O/c8-3-1-2-4(9)5-6(3)12-11-7(5)10/h1-2H,(H2,10,11). The van der Waals surface area contributed by atoms with Gasteiger partial charge in [0.1, 0.15) is 0 Å². The molecule has 0 spiro atoms. The SMILES string of the molecule is Nc1noc2c(Br)ccc(Cl)c12. The van der Waals surface area contributed by atoms with Gasteiger partial charge in [-0.1, -0.05) is 16.8 Å². The van der Waals surface area contributed by atoms with Gasteiger partial charge in [-0.05, 0) is 28.1 Å². The molecule has 2 rings (SSSR count). The molecule has 3 nitrogen and oxygen atoms in total. The molecule has 0 fully saturated rings. The maximum atomic E-state index is 5.87. The summed E-state index contributed by atoms with van der Waals surface area (Å²) in [5.41, 5.74) is 6.12. The van der Waals surface area contributed by atoms with Crippen LogP contribution in [0.3, 0.4) is 0 Å². The average molecular weight is 247 g/mol. The summed E-state index contributed by atoms with van der Waals surface area (Å²) in [6.07, 6.45) is 0. The quantitative estimate of drug-likeness (QED) is 0.779. The van der Waals surface area contributed by atoms with E-state index >= 15 is 0 Å². The summed E-state index contributed by atoms with van der Waals surface area (Å²) in [5, 5.41) is 4.81. The Morgan fingerprint density at radius 3 is 2.92 bits per heavy atom. The van der Waals surface area contributed by atoms with Crippen molar-refractivity contribution in [3.05, 3.63) is 21.6 Å². The van der Waals surface area contributed by atoms with Crippen molar-refractivity contribution in [2.45, 2.75) is 0 Å². The Labute approximate surface area is 81.6 Å². The van der Waals surface area contributed by atoms with Crippen molar-refractivity contribution in [3.8, 4) is 0 Å². The lowest BCUT2D eigenvalue weighted by molar-refractivity contribution is 0.459. The van der Waals surface area contributed by atoms with Crippen LogP contribution in [0.4, 0.5) is 5.82 Å². The van der Waals surface area contributed by atoms with E-state index in [1.807, 2.05) is 0 Å². The minimum absolute atomic E-state index is 0.316. The Bertz CT molecular complexity index is 440. The topological polar surface area (TPSA) is 52.0 Å². The van der Waals surface area contributed by atoms with Crippen LogP contribution >= 0.6 is 27.5 Å². The molecule has 0 bridgehead atoms. The third-order valence-corrected chi connectivity index (χ3v) is 2.49. The maximum Gasteiger partial charge on any atom is 0.184 e. The van der Waals surface area contributed by atoms with Crippen LogP contribution in [0, 0.1) is 0 Å². The van der Waals surface area contributed by atoms with Gasteiger partial charge in [-0.3, -0.25) is 0 Å². The molecule has 0 amide bonds. The van der Waals surface area contributed by atoms with E-state index < -0.39 is 0 Å². The first-order chi connectivity index (χ1) is 5.70. The number of rotatable bonds is 0. The highest BCUT2D eigenvalue weighted by molar-refractivity contribution is 9.10. The minimum atomic E-state index is 0.316. The van der Waals surface area contributed by atoms with Gasteiger partial charge in [-0.25, -0.2) is 0 Å². The van der Waals surface area contributed by atoms with Crippen LogP contribution < -0.4 is 5.73 Å². The molecular formula is C7H4BrClN2O. The van der Waals surface area contributed by atoms with Crippen molar-refractivity contribution < 1.29 is 4.52 Å². The Kier molecular flexibility index (Phi) is 1.73. The molecule has 12 heavy (non-hydrogen) atoms. The highest BCUT2D eigenvalue weighted by Gasteiger charge is 2.11. The summed E-state index contributed by atoms with van der Waals surface area (Å²) in [7, 11) is 0. The van der Waals surface area contributed by atoms with Crippen molar-refractivity contribution in [1.82, 2.24) is 5.16 Å². The molecule has 2 N–H and O–H groups in total. The number of nitrogens with zero attached hydrogens (tertiary/aromatic N) is 1. The van der Waals surface area contributed by atoms with E-state index in [1.54, 1.807) is 12.1 Å². The fourth-order valence-electron chi connectivity index (χ4n) is 1.00. The molecule has 2 aromatic rings. The van der Waals surface area contributed by atoms with E-state index in [-0.39, 0.29) is 0 Å². The van der Waals surface area contributed by atoms with Gasteiger partial charge in [0.05, 0.1) is 14.9 Å². The largest absolute Gasteiger partial charge is 0.380 e. The van der Waals surface area contributed by atoms with Gasteiger partial charge in [-0.15, -0.1) is 0 Å². The Morgan fingerprint density at radius 2 is 2.25 bits per heavy atom. The van der Waals surface area contributed by atoms with Gasteiger partial charge in [0.25, 0.3) is 0 Å². The normalized spacial score (nSPS) is 10.8. The van der Waals surface area contributed by atoms with Crippen molar-refractivity contribution in [2.24, 2.45) is 0 Å². The maximum absolute atomic E-state index is 5.87. The van der Waals surface area contributed by atoms with Crippen LogP contribution in [-0.4, -0.2) is 5.16 Å². The van der Waals surface area contributed by atoms with E-state index in [2.05, 4.69) is 21.1 Å². The first kappa shape index (κ1) is 7.89. The molecule has 5 heteroatoms. The molecule has 0 aliphatic carbocycles. The summed E-state index contributed by atoms with van der Waals surface area (Å²) in [5.74, 6) is 0.316. The summed E-state index contributed by atoms with van der Waals surface area (Å²) in [6.45, 7) is 0. The van der Waals surface area contributed by atoms with Gasteiger partial charge in [0.15, 0.2) is 11.4 Å². The first-order valence-corrected chi connectivity index (χ1v) is 4.36. The van der Waals surface area contributed by atoms with E-state index in [0.717, 1.165) is 4.47 Å². The molecule has 0 aliphatic rings. The van der Waals surface area contributed by atoms with E-state index in [0.29, 0.717) is 21.8 Å². The predicted octanol–water partition coefficient (Wildman–Crippen LogP) is 2.83. The van der Waals surface area contributed by atoms with Crippen LogP contribution in [0.15, 0.2) is 21.1 Å². The summed E-state index contributed by atoms with van der Waals surface area (Å²) >= 11 is 9.17. The second-order valence-corrected chi connectivity index (χ2v) is 3.56. The van der Waals surface area contributed by atoms with Crippen LogP contribution in [0.1, 0.15) is 0 Å². The molecule has 0 saturated heterocycles. The monoisotopic (exact) mass is 246 g/mol. The van der Waals surface area contributed by atoms with E-state index in [9.17, 15) is 0 Å². The number of fused-ring (bicyclic) bond motifs is 1. The van der Waals surface area contributed by atoms with Gasteiger partial charge < -0.3 is 10.3 Å². The van der Waals surface area contributed by atoms with Crippen molar-refractivity contribution in [2.75, 3.05) is 5.73 Å². The zero-order valence-corrected chi connectivity index (χ0v) is 8.19. The van der Waals surface area contributed by atoms with Crippen molar-refractivity contribution >= 4 is 44.3 Å². The lowest BCUT2D eigenvalue weighted by Crippen LogP contribution is -1.83. The third kappa shape index (κ3) is 0.990. The van der Waals surface area contributed by atoms with Crippen molar-refractivity contribution in [1.29, 1.82) is 0 Å². The Morgan fingerprint density at radius 1 is 1.50 bits per heavy atom. The number of nitrogens with two attached hydrogens (primary N) is 1. The van der Waals surface area contributed by atoms with E-state index in [1.165, 1.54) is 0 Å². The molecule has 0 saturated carbocycles. The molecule has 0 aliphatic heterocycles. The van der Waals surface area contributed by atoms with Crippen molar-refractivity contribution in [3.63, 3.8) is 0 Å². The average Bonchev–Trinajstić information content (AvgIpc) is 2.42. The molecule has 1 aromatic heterocycles. The lowest BCUT2D eigenvalue weighted by atomic mass is 10.2. The predicted molar refractivity (Wildman–Crippen MR) is 51.1 cm³/mol. The van der Waals surface area contributed by atoms with Crippen LogP contribution in [0.25, 0.3) is 11.0 Å². The van der Waals surface area contributed by atoms with Gasteiger partial charge in [0, 0.05) is 0 Å². The number of anilines is 1. The number of halogens is 2. The van der Waals surface area contributed by atoms with Gasteiger partial charge in [-0.2, -0.15) is 0 Å². The number of benzene rings is 1. The van der Waals surface area contributed by atoms with Gasteiger partial charge >= 0.3 is 0 Å². The van der Waals surface area contributed by atoms with Crippen LogP contribution in [0.5, 0.6) is 0 Å². The molecule has 0 atom stereocenters. The third-order valence-electron chi connectivity index (χ3n) is 1.55. The number of nitrogen functional groups attached to an aromatic ring is 1. The first-order valence-electron chi connectivity index (χ1n) is 3.19. The lowest BCUT2D eigenvalue weighted by Gasteiger charge is -1.93. The molecular weight excluding hydrogens is 243 g/mol. The molecule has 1 aromatic carbocycles. The number of hydrogen-bond donors (Lipinski definition) is 1. The second-order valence-electron chi connectivity index (χ2n) is 2.30. The summed E-state index contributed by atoms with van der Waals surface area (Å²) in [4.78, 5) is 0. The Balaban J connectivity index is 2.98. The second kappa shape index (κ2) is 2.64. The van der Waals surface area contributed by atoms with E-state index in [4.69, 9.17) is 21.9 Å². The van der Waals surface area contributed by atoms with Gasteiger partial charge in [0.2, 0.25) is 0 Å². The fourth-order valence-corrected chi connectivity index (χ4v) is 1.65. The van der Waals surface area contributed by atoms with Crippen LogP contribution in [0.2, 0.25) is 5.02 Å². The minimum Gasteiger partial charge on any atom is -0.380 e. The number of hydrogen-bond acceptors (Lipinski definition) is 3. The molecule has 0 unspecified atom stereocenters. The summed E-state index contributed by atoms with van der Waals surface area (Å²) in [6, 6.07) is 3.52. The molecule has 1 heterocycles. The highest BCUT2D eigenvalue weighted by Crippen LogP contribution is 2.33. The van der Waals surface area contributed by atoms with Crippen LogP contribution in [-0.2, 0) is 0 Å². The fraction of sp³-hybridized carbons (Fsp3) is 0. The Hall–Kier alpha value is -0.740. The summed E-state index contributed by atoms with van der Waals surface area (Å²) < 4.78 is 5.75. The smallest absolute Gasteiger partial charge is 0.184 e. The zero-order chi connectivity index (χ0) is 8.72. The molecule has 62 valence electrons. The zero-order valence-electron chi connectivity index (χ0n) is 5.84.